The highest BCUT2D eigenvalue weighted by Crippen LogP contribution is 2.30. The lowest BCUT2D eigenvalue weighted by Crippen LogP contribution is -1.97. The Balaban J connectivity index is 1.98. The first-order valence-electron chi connectivity index (χ1n) is 8.76. The molecule has 2 rings (SSSR count). The van der Waals surface area contributed by atoms with Gasteiger partial charge in [-0.15, -0.1) is 0 Å². The molecule has 0 amide bonds. The van der Waals surface area contributed by atoms with Crippen molar-refractivity contribution in [2.45, 2.75) is 52.4 Å². The van der Waals surface area contributed by atoms with Gasteiger partial charge in [0.1, 0.15) is 5.75 Å². The van der Waals surface area contributed by atoms with Gasteiger partial charge >= 0.3 is 0 Å². The molecule has 0 aliphatic heterocycles. The van der Waals surface area contributed by atoms with Gasteiger partial charge in [-0.05, 0) is 41.7 Å². The van der Waals surface area contributed by atoms with Gasteiger partial charge < -0.3 is 4.74 Å². The van der Waals surface area contributed by atoms with Gasteiger partial charge in [-0.3, -0.25) is 0 Å². The second-order valence-electron chi connectivity index (χ2n) is 6.00. The van der Waals surface area contributed by atoms with Crippen LogP contribution in [0.5, 0.6) is 5.75 Å². The zero-order valence-electron chi connectivity index (χ0n) is 14.3. The van der Waals surface area contributed by atoms with E-state index in [1.165, 1.54) is 36.8 Å². The summed E-state index contributed by atoms with van der Waals surface area (Å²) in [4.78, 5) is 0. The summed E-state index contributed by atoms with van der Waals surface area (Å²) in [6.07, 6.45) is 7.12. The molecule has 0 unspecified atom stereocenters. The van der Waals surface area contributed by atoms with Gasteiger partial charge in [-0.2, -0.15) is 0 Å². The van der Waals surface area contributed by atoms with E-state index in [2.05, 4.69) is 44.2 Å². The number of hydrogen-bond acceptors (Lipinski definition) is 1. The fourth-order valence-electron chi connectivity index (χ4n) is 2.66. The summed E-state index contributed by atoms with van der Waals surface area (Å²) in [6.45, 7) is 5.16. The number of benzene rings is 2. The van der Waals surface area contributed by atoms with E-state index in [1.807, 2.05) is 12.1 Å². The number of halogens is 1. The van der Waals surface area contributed by atoms with Crippen LogP contribution in [-0.4, -0.2) is 6.61 Å². The smallest absolute Gasteiger partial charge is 0.137 e. The molecule has 0 aromatic heterocycles. The first-order valence-corrected chi connectivity index (χ1v) is 9.14. The fraction of sp³-hybridized carbons (Fsp3) is 0.429. The SMILES string of the molecule is CCCCCCOc1ccc(-c2ccc(CCC)cc2)cc1Cl. The predicted octanol–water partition coefficient (Wildman–Crippen LogP) is 6.92. The topological polar surface area (TPSA) is 9.23 Å². The first-order chi connectivity index (χ1) is 11.2. The summed E-state index contributed by atoms with van der Waals surface area (Å²) in [5, 5.41) is 0.690. The molecule has 0 atom stereocenters. The highest BCUT2D eigenvalue weighted by atomic mass is 35.5. The maximum atomic E-state index is 6.38. The van der Waals surface area contributed by atoms with Gasteiger partial charge in [0, 0.05) is 0 Å². The quantitative estimate of drug-likeness (QED) is 0.453. The van der Waals surface area contributed by atoms with Crippen molar-refractivity contribution in [1.82, 2.24) is 0 Å². The molecule has 0 fully saturated rings. The maximum absolute atomic E-state index is 6.38. The van der Waals surface area contributed by atoms with Crippen molar-refractivity contribution in [3.8, 4) is 16.9 Å². The van der Waals surface area contributed by atoms with E-state index < -0.39 is 0 Å². The van der Waals surface area contributed by atoms with Crippen LogP contribution < -0.4 is 4.74 Å². The maximum Gasteiger partial charge on any atom is 0.137 e. The van der Waals surface area contributed by atoms with Crippen LogP contribution in [0.25, 0.3) is 11.1 Å². The van der Waals surface area contributed by atoms with Crippen LogP contribution in [0.15, 0.2) is 42.5 Å². The molecular weight excluding hydrogens is 304 g/mol. The Bertz CT molecular complexity index is 589. The Hall–Kier alpha value is -1.47. The molecule has 0 N–H and O–H groups in total. The number of rotatable bonds is 9. The summed E-state index contributed by atoms with van der Waals surface area (Å²) in [5.41, 5.74) is 3.71. The Kier molecular flexibility index (Phi) is 7.48. The summed E-state index contributed by atoms with van der Waals surface area (Å²) in [7, 11) is 0. The minimum absolute atomic E-state index is 0.690. The van der Waals surface area contributed by atoms with Crippen LogP contribution in [-0.2, 0) is 6.42 Å². The Morgan fingerprint density at radius 1 is 0.826 bits per heavy atom. The van der Waals surface area contributed by atoms with Crippen LogP contribution in [0.1, 0.15) is 51.5 Å². The minimum Gasteiger partial charge on any atom is -0.492 e. The van der Waals surface area contributed by atoms with Crippen LogP contribution in [0.2, 0.25) is 5.02 Å². The van der Waals surface area contributed by atoms with Gasteiger partial charge in [0.15, 0.2) is 0 Å². The minimum atomic E-state index is 0.690. The van der Waals surface area contributed by atoms with Crippen molar-refractivity contribution in [2.24, 2.45) is 0 Å². The monoisotopic (exact) mass is 330 g/mol. The number of ether oxygens (including phenoxy) is 1. The van der Waals surface area contributed by atoms with E-state index in [1.54, 1.807) is 0 Å². The summed E-state index contributed by atoms with van der Waals surface area (Å²) in [6, 6.07) is 14.8. The van der Waals surface area contributed by atoms with E-state index in [-0.39, 0.29) is 0 Å². The molecular formula is C21H27ClO. The molecule has 0 aliphatic carbocycles. The third-order valence-corrected chi connectivity index (χ3v) is 4.31. The summed E-state index contributed by atoms with van der Waals surface area (Å²) in [5.74, 6) is 0.787. The molecule has 0 saturated heterocycles. The van der Waals surface area contributed by atoms with Gasteiger partial charge in [0.05, 0.1) is 11.6 Å². The second kappa shape index (κ2) is 9.62. The van der Waals surface area contributed by atoms with E-state index in [9.17, 15) is 0 Å². The van der Waals surface area contributed by atoms with E-state index >= 15 is 0 Å². The van der Waals surface area contributed by atoms with Crippen LogP contribution in [0.4, 0.5) is 0 Å². The third-order valence-electron chi connectivity index (χ3n) is 4.01. The van der Waals surface area contributed by atoms with Crippen LogP contribution >= 0.6 is 11.6 Å². The van der Waals surface area contributed by atoms with Gasteiger partial charge in [0.2, 0.25) is 0 Å². The summed E-state index contributed by atoms with van der Waals surface area (Å²) >= 11 is 6.38. The summed E-state index contributed by atoms with van der Waals surface area (Å²) < 4.78 is 5.79. The third kappa shape index (κ3) is 5.58. The van der Waals surface area contributed by atoms with Crippen molar-refractivity contribution in [2.75, 3.05) is 6.61 Å². The molecule has 0 saturated carbocycles. The van der Waals surface area contributed by atoms with Crippen LogP contribution in [0, 0.1) is 0 Å². The molecule has 2 aromatic rings. The lowest BCUT2D eigenvalue weighted by molar-refractivity contribution is 0.305. The average molecular weight is 331 g/mol. The van der Waals surface area contributed by atoms with E-state index in [4.69, 9.17) is 16.3 Å². The molecule has 0 bridgehead atoms. The molecule has 124 valence electrons. The number of aryl methyl sites for hydroxylation is 1. The molecule has 0 aliphatic rings. The van der Waals surface area contributed by atoms with Crippen molar-refractivity contribution >= 4 is 11.6 Å². The molecule has 0 heterocycles. The van der Waals surface area contributed by atoms with Crippen LogP contribution in [0.3, 0.4) is 0 Å². The molecule has 0 spiro atoms. The van der Waals surface area contributed by atoms with Crippen molar-refractivity contribution in [3.05, 3.63) is 53.1 Å². The molecule has 2 heteroatoms. The van der Waals surface area contributed by atoms with Crippen molar-refractivity contribution in [1.29, 1.82) is 0 Å². The van der Waals surface area contributed by atoms with Crippen molar-refractivity contribution < 1.29 is 4.74 Å². The highest BCUT2D eigenvalue weighted by Gasteiger charge is 2.05. The van der Waals surface area contributed by atoms with E-state index in [0.717, 1.165) is 30.8 Å². The Morgan fingerprint density at radius 3 is 2.22 bits per heavy atom. The van der Waals surface area contributed by atoms with Gasteiger partial charge in [0.25, 0.3) is 0 Å². The highest BCUT2D eigenvalue weighted by molar-refractivity contribution is 6.32. The van der Waals surface area contributed by atoms with Crippen molar-refractivity contribution in [3.63, 3.8) is 0 Å². The standard InChI is InChI=1S/C21H27ClO/c1-3-5-6-7-15-23-21-14-13-19(16-20(21)22)18-11-9-17(8-4-2)10-12-18/h9-14,16H,3-8,15H2,1-2H3. The van der Waals surface area contributed by atoms with E-state index in [0.29, 0.717) is 5.02 Å². The Morgan fingerprint density at radius 2 is 1.57 bits per heavy atom. The zero-order valence-corrected chi connectivity index (χ0v) is 15.0. The zero-order chi connectivity index (χ0) is 16.5. The van der Waals surface area contributed by atoms with Gasteiger partial charge in [-0.25, -0.2) is 0 Å². The number of unbranched alkanes of at least 4 members (excludes halogenated alkanes) is 3. The first kappa shape index (κ1) is 17.9. The lowest BCUT2D eigenvalue weighted by Gasteiger charge is -2.10. The molecule has 23 heavy (non-hydrogen) atoms. The molecule has 2 aromatic carbocycles. The van der Waals surface area contributed by atoms with Gasteiger partial charge in [-0.1, -0.05) is 81.5 Å². The average Bonchev–Trinajstić information content (AvgIpc) is 2.57. The molecule has 0 radical (unpaired) electrons. The molecule has 1 nitrogen and oxygen atoms in total. The Labute approximate surface area is 145 Å². The normalized spacial score (nSPS) is 10.7. The largest absolute Gasteiger partial charge is 0.492 e. The fourth-order valence-corrected chi connectivity index (χ4v) is 2.90. The second-order valence-corrected chi connectivity index (χ2v) is 6.41. The number of hydrogen-bond donors (Lipinski definition) is 0. The lowest BCUT2D eigenvalue weighted by atomic mass is 10.0. The predicted molar refractivity (Wildman–Crippen MR) is 101 cm³/mol.